The fourth-order valence-electron chi connectivity index (χ4n) is 2.90. The lowest BCUT2D eigenvalue weighted by Gasteiger charge is -2.21. The van der Waals surface area contributed by atoms with Gasteiger partial charge in [-0.05, 0) is 36.5 Å². The minimum atomic E-state index is -0.699. The number of nitrogens with one attached hydrogen (secondary N) is 1. The van der Waals surface area contributed by atoms with Crippen LogP contribution >= 0.6 is 0 Å². The van der Waals surface area contributed by atoms with Gasteiger partial charge >= 0.3 is 0 Å². The summed E-state index contributed by atoms with van der Waals surface area (Å²) in [5, 5.41) is 13.0. The van der Waals surface area contributed by atoms with Gasteiger partial charge in [0.1, 0.15) is 5.75 Å². The Hall–Kier alpha value is -1.55. The number of ether oxygens (including phenoxy) is 1. The summed E-state index contributed by atoms with van der Waals surface area (Å²) in [7, 11) is 1.59. The van der Waals surface area contributed by atoms with Gasteiger partial charge in [0.05, 0.1) is 13.2 Å². The van der Waals surface area contributed by atoms with Gasteiger partial charge < -0.3 is 15.2 Å². The van der Waals surface area contributed by atoms with E-state index in [0.29, 0.717) is 18.1 Å². The van der Waals surface area contributed by atoms with Crippen LogP contribution in [0, 0.1) is 5.92 Å². The molecule has 1 aliphatic carbocycles. The van der Waals surface area contributed by atoms with Crippen LogP contribution in [0.15, 0.2) is 24.3 Å². The molecule has 1 fully saturated rings. The second-order valence-corrected chi connectivity index (χ2v) is 5.80. The average Bonchev–Trinajstić information content (AvgIpc) is 2.53. The summed E-state index contributed by atoms with van der Waals surface area (Å²) in [4.78, 5) is 11.9. The molecule has 1 aliphatic rings. The van der Waals surface area contributed by atoms with Gasteiger partial charge in [-0.15, -0.1) is 0 Å². The quantitative estimate of drug-likeness (QED) is 0.847. The van der Waals surface area contributed by atoms with E-state index in [9.17, 15) is 9.90 Å². The molecule has 0 spiro atoms. The third kappa shape index (κ3) is 5.05. The number of hydrogen-bond donors (Lipinski definition) is 2. The first-order chi connectivity index (χ1) is 10.2. The van der Waals surface area contributed by atoms with Gasteiger partial charge in [-0.3, -0.25) is 4.79 Å². The Labute approximate surface area is 126 Å². The Kier molecular flexibility index (Phi) is 6.05. The van der Waals surface area contributed by atoms with Crippen LogP contribution in [0.5, 0.6) is 5.75 Å². The Balaban J connectivity index is 1.77. The summed E-state index contributed by atoms with van der Waals surface area (Å²) >= 11 is 0. The third-order valence-electron chi connectivity index (χ3n) is 4.17. The van der Waals surface area contributed by atoms with E-state index >= 15 is 0 Å². The van der Waals surface area contributed by atoms with Crippen molar-refractivity contribution >= 4 is 5.91 Å². The summed E-state index contributed by atoms with van der Waals surface area (Å²) in [6, 6.07) is 7.29. The highest BCUT2D eigenvalue weighted by Crippen LogP contribution is 2.26. The second-order valence-electron chi connectivity index (χ2n) is 5.80. The molecule has 1 unspecified atom stereocenters. The monoisotopic (exact) mass is 291 g/mol. The van der Waals surface area contributed by atoms with E-state index in [2.05, 4.69) is 5.32 Å². The van der Waals surface area contributed by atoms with E-state index in [1.807, 2.05) is 18.2 Å². The molecule has 1 aromatic rings. The summed E-state index contributed by atoms with van der Waals surface area (Å²) in [5.41, 5.74) is 0.757. The van der Waals surface area contributed by atoms with Crippen LogP contribution < -0.4 is 10.1 Å². The number of amides is 1. The maximum absolute atomic E-state index is 11.9. The molecule has 0 heterocycles. The minimum absolute atomic E-state index is 0.0452. The van der Waals surface area contributed by atoms with Crippen molar-refractivity contribution in [1.29, 1.82) is 0 Å². The van der Waals surface area contributed by atoms with E-state index < -0.39 is 6.10 Å². The maximum atomic E-state index is 11.9. The average molecular weight is 291 g/mol. The molecule has 21 heavy (non-hydrogen) atoms. The van der Waals surface area contributed by atoms with Gasteiger partial charge in [0.15, 0.2) is 0 Å². The summed E-state index contributed by atoms with van der Waals surface area (Å²) < 4.78 is 5.13. The van der Waals surface area contributed by atoms with Gasteiger partial charge in [0.25, 0.3) is 0 Å². The minimum Gasteiger partial charge on any atom is -0.497 e. The molecule has 0 aromatic heterocycles. The van der Waals surface area contributed by atoms with E-state index in [1.54, 1.807) is 13.2 Å². The van der Waals surface area contributed by atoms with Crippen molar-refractivity contribution in [3.05, 3.63) is 29.8 Å². The van der Waals surface area contributed by atoms with Crippen LogP contribution in [-0.4, -0.2) is 24.7 Å². The topological polar surface area (TPSA) is 58.6 Å². The van der Waals surface area contributed by atoms with Crippen LogP contribution in [0.3, 0.4) is 0 Å². The number of aliphatic hydroxyl groups is 1. The van der Waals surface area contributed by atoms with E-state index in [-0.39, 0.29) is 12.5 Å². The van der Waals surface area contributed by atoms with Crippen molar-refractivity contribution in [2.45, 2.75) is 44.6 Å². The number of aliphatic hydroxyl groups excluding tert-OH is 1. The Bertz CT molecular complexity index is 455. The Morgan fingerprint density at radius 3 is 2.86 bits per heavy atom. The molecular weight excluding hydrogens is 266 g/mol. The predicted molar refractivity (Wildman–Crippen MR) is 82.2 cm³/mol. The van der Waals surface area contributed by atoms with Crippen LogP contribution in [0.4, 0.5) is 0 Å². The van der Waals surface area contributed by atoms with Crippen molar-refractivity contribution in [3.8, 4) is 5.75 Å². The lowest BCUT2D eigenvalue weighted by Crippen LogP contribution is -2.30. The number of carbonyl (C=O) groups is 1. The molecule has 116 valence electrons. The molecule has 0 saturated heterocycles. The molecular formula is C17H25NO3. The van der Waals surface area contributed by atoms with Gasteiger partial charge in [-0.2, -0.15) is 0 Å². The largest absolute Gasteiger partial charge is 0.497 e. The molecule has 1 amide bonds. The van der Waals surface area contributed by atoms with Crippen molar-refractivity contribution in [2.75, 3.05) is 13.7 Å². The first-order valence-corrected chi connectivity index (χ1v) is 7.77. The number of methoxy groups -OCH3 is 1. The van der Waals surface area contributed by atoms with E-state index in [0.717, 1.165) is 18.4 Å². The fourth-order valence-corrected chi connectivity index (χ4v) is 2.90. The molecule has 2 N–H and O–H groups in total. The van der Waals surface area contributed by atoms with E-state index in [1.165, 1.54) is 19.3 Å². The number of benzene rings is 1. The molecule has 0 radical (unpaired) electrons. The molecule has 1 saturated carbocycles. The summed E-state index contributed by atoms with van der Waals surface area (Å²) in [6.07, 6.45) is 5.99. The standard InChI is InChI=1S/C17H25NO3/c1-21-15-9-5-8-14(11-15)16(19)12-18-17(20)10-13-6-3-2-4-7-13/h5,8-9,11,13,16,19H,2-4,6-7,10,12H2,1H3,(H,18,20). The summed E-state index contributed by atoms with van der Waals surface area (Å²) in [6.45, 7) is 0.249. The zero-order chi connectivity index (χ0) is 15.1. The summed E-state index contributed by atoms with van der Waals surface area (Å²) in [5.74, 6) is 1.27. The Morgan fingerprint density at radius 1 is 1.38 bits per heavy atom. The zero-order valence-electron chi connectivity index (χ0n) is 12.7. The van der Waals surface area contributed by atoms with E-state index in [4.69, 9.17) is 4.74 Å². The Morgan fingerprint density at radius 2 is 2.14 bits per heavy atom. The highest BCUT2D eigenvalue weighted by molar-refractivity contribution is 5.76. The predicted octanol–water partition coefficient (Wildman–Crippen LogP) is 2.82. The molecule has 2 rings (SSSR count). The molecule has 1 atom stereocenters. The van der Waals surface area contributed by atoms with Crippen LogP contribution in [0.25, 0.3) is 0 Å². The number of carbonyl (C=O) groups excluding carboxylic acids is 1. The lowest BCUT2D eigenvalue weighted by molar-refractivity contribution is -0.122. The van der Waals surface area contributed by atoms with Gasteiger partial charge in [-0.25, -0.2) is 0 Å². The normalized spacial score (nSPS) is 17.2. The van der Waals surface area contributed by atoms with Crippen molar-refractivity contribution in [1.82, 2.24) is 5.32 Å². The van der Waals surface area contributed by atoms with Gasteiger partial charge in [-0.1, -0.05) is 31.4 Å². The van der Waals surface area contributed by atoms with Gasteiger partial charge in [0, 0.05) is 13.0 Å². The third-order valence-corrected chi connectivity index (χ3v) is 4.17. The lowest BCUT2D eigenvalue weighted by atomic mass is 9.87. The number of rotatable bonds is 6. The molecule has 0 aliphatic heterocycles. The SMILES string of the molecule is COc1cccc(C(O)CNC(=O)CC2CCCCC2)c1. The number of hydrogen-bond acceptors (Lipinski definition) is 3. The molecule has 0 bridgehead atoms. The van der Waals surface area contributed by atoms with Crippen molar-refractivity contribution in [3.63, 3.8) is 0 Å². The first-order valence-electron chi connectivity index (χ1n) is 7.77. The second kappa shape index (κ2) is 8.03. The first kappa shape index (κ1) is 15.8. The van der Waals surface area contributed by atoms with Crippen LogP contribution in [0.2, 0.25) is 0 Å². The molecule has 4 nitrogen and oxygen atoms in total. The smallest absolute Gasteiger partial charge is 0.220 e. The van der Waals surface area contributed by atoms with Crippen LogP contribution in [0.1, 0.15) is 50.2 Å². The van der Waals surface area contributed by atoms with Crippen molar-refractivity contribution in [2.24, 2.45) is 5.92 Å². The van der Waals surface area contributed by atoms with Gasteiger partial charge in [0.2, 0.25) is 5.91 Å². The molecule has 4 heteroatoms. The zero-order valence-corrected chi connectivity index (χ0v) is 12.7. The highest BCUT2D eigenvalue weighted by atomic mass is 16.5. The highest BCUT2D eigenvalue weighted by Gasteiger charge is 2.17. The van der Waals surface area contributed by atoms with Crippen LogP contribution in [-0.2, 0) is 4.79 Å². The molecule has 1 aromatic carbocycles. The van der Waals surface area contributed by atoms with Crippen molar-refractivity contribution < 1.29 is 14.6 Å². The maximum Gasteiger partial charge on any atom is 0.220 e. The fraction of sp³-hybridized carbons (Fsp3) is 0.588.